The molecule has 21 heavy (non-hydrogen) atoms. The van der Waals surface area contributed by atoms with Gasteiger partial charge in [0.25, 0.3) is 0 Å². The Morgan fingerprint density at radius 2 is 2.10 bits per heavy atom. The first-order chi connectivity index (χ1) is 10.0. The number of ether oxygens (including phenoxy) is 1. The van der Waals surface area contributed by atoms with Crippen LogP contribution in [-0.2, 0) is 0 Å². The highest BCUT2D eigenvalue weighted by Gasteiger charge is 2.15. The number of aromatic carboxylic acids is 1. The number of benzene rings is 1. The van der Waals surface area contributed by atoms with Crippen LogP contribution in [0.5, 0.6) is 5.75 Å². The molecule has 0 fully saturated rings. The summed E-state index contributed by atoms with van der Waals surface area (Å²) in [6, 6.07) is 3.87. The van der Waals surface area contributed by atoms with Crippen LogP contribution in [0.1, 0.15) is 23.7 Å². The Labute approximate surface area is 123 Å². The summed E-state index contributed by atoms with van der Waals surface area (Å²) >= 11 is 0. The number of carbonyl (C=O) groups is 2. The summed E-state index contributed by atoms with van der Waals surface area (Å²) < 4.78 is 5.11. The molecule has 0 spiro atoms. The molecule has 0 aliphatic carbocycles. The number of methoxy groups -OCH3 is 1. The summed E-state index contributed by atoms with van der Waals surface area (Å²) in [6.45, 7) is 2.72. The average molecular weight is 296 g/mol. The van der Waals surface area contributed by atoms with Gasteiger partial charge in [0.15, 0.2) is 0 Å². The van der Waals surface area contributed by atoms with Crippen LogP contribution >= 0.6 is 0 Å². The molecule has 1 aromatic carbocycles. The van der Waals surface area contributed by atoms with Gasteiger partial charge >= 0.3 is 12.0 Å². The molecule has 0 aliphatic heterocycles. The largest absolute Gasteiger partial charge is 0.495 e. The Bertz CT molecular complexity index is 504. The maximum atomic E-state index is 12.1. The highest BCUT2D eigenvalue weighted by atomic mass is 16.5. The summed E-state index contributed by atoms with van der Waals surface area (Å²) in [7, 11) is 1.44. The zero-order chi connectivity index (χ0) is 15.8. The zero-order valence-electron chi connectivity index (χ0n) is 12.1. The number of aliphatic hydroxyl groups excluding tert-OH is 1. The summed E-state index contributed by atoms with van der Waals surface area (Å²) in [6.07, 6.45) is 0.480. The van der Waals surface area contributed by atoms with Crippen LogP contribution in [0.3, 0.4) is 0 Å². The van der Waals surface area contributed by atoms with Crippen molar-refractivity contribution in [1.29, 1.82) is 0 Å². The van der Waals surface area contributed by atoms with Crippen molar-refractivity contribution in [3.63, 3.8) is 0 Å². The smallest absolute Gasteiger partial charge is 0.335 e. The van der Waals surface area contributed by atoms with E-state index in [0.29, 0.717) is 30.9 Å². The number of hydrogen-bond acceptors (Lipinski definition) is 4. The third-order valence-corrected chi connectivity index (χ3v) is 2.94. The molecule has 1 rings (SSSR count). The van der Waals surface area contributed by atoms with Gasteiger partial charge in [0.1, 0.15) is 5.75 Å². The molecule has 2 amide bonds. The molecule has 3 N–H and O–H groups in total. The van der Waals surface area contributed by atoms with Crippen LogP contribution < -0.4 is 10.1 Å². The van der Waals surface area contributed by atoms with E-state index < -0.39 is 5.97 Å². The molecule has 0 saturated carbocycles. The first-order valence-corrected chi connectivity index (χ1v) is 6.61. The van der Waals surface area contributed by atoms with E-state index in [0.717, 1.165) is 0 Å². The number of nitrogens with zero attached hydrogens (tertiary/aromatic N) is 1. The van der Waals surface area contributed by atoms with Gasteiger partial charge in [-0.3, -0.25) is 0 Å². The highest BCUT2D eigenvalue weighted by Crippen LogP contribution is 2.25. The van der Waals surface area contributed by atoms with Crippen molar-refractivity contribution < 1.29 is 24.5 Å². The maximum Gasteiger partial charge on any atom is 0.335 e. The summed E-state index contributed by atoms with van der Waals surface area (Å²) in [5.74, 6) is -0.702. The Morgan fingerprint density at radius 3 is 2.62 bits per heavy atom. The van der Waals surface area contributed by atoms with Crippen molar-refractivity contribution in [2.24, 2.45) is 0 Å². The molecule has 0 heterocycles. The second-order valence-corrected chi connectivity index (χ2v) is 4.31. The van der Waals surface area contributed by atoms with Crippen LogP contribution in [0.25, 0.3) is 0 Å². The molecule has 0 unspecified atom stereocenters. The van der Waals surface area contributed by atoms with Gasteiger partial charge < -0.3 is 25.2 Å². The topological polar surface area (TPSA) is 99.1 Å². The number of aliphatic hydroxyl groups is 1. The van der Waals surface area contributed by atoms with Crippen LogP contribution in [-0.4, -0.2) is 53.9 Å². The lowest BCUT2D eigenvalue weighted by Crippen LogP contribution is -2.36. The third kappa shape index (κ3) is 4.64. The molecule has 0 atom stereocenters. The SMILES string of the molecule is CCN(CCCO)C(=O)Nc1cc(C(=O)O)ccc1OC. The van der Waals surface area contributed by atoms with Gasteiger partial charge in [-0.2, -0.15) is 0 Å². The zero-order valence-corrected chi connectivity index (χ0v) is 12.1. The predicted molar refractivity (Wildman–Crippen MR) is 77.9 cm³/mol. The van der Waals surface area contributed by atoms with Gasteiger partial charge in [-0.1, -0.05) is 0 Å². The summed E-state index contributed by atoms with van der Waals surface area (Å²) in [4.78, 5) is 24.6. The highest BCUT2D eigenvalue weighted by molar-refractivity contribution is 5.94. The Kier molecular flexibility index (Phi) is 6.48. The van der Waals surface area contributed by atoms with E-state index in [9.17, 15) is 9.59 Å². The van der Waals surface area contributed by atoms with E-state index in [1.54, 1.807) is 0 Å². The number of carboxylic acid groups (broad SMARTS) is 1. The number of hydrogen-bond donors (Lipinski definition) is 3. The molecule has 0 aliphatic rings. The number of carboxylic acids is 1. The fraction of sp³-hybridized carbons (Fsp3) is 0.429. The van der Waals surface area contributed by atoms with Gasteiger partial charge in [0.05, 0.1) is 18.4 Å². The molecular weight excluding hydrogens is 276 g/mol. The molecule has 1 aromatic rings. The van der Waals surface area contributed by atoms with E-state index in [1.165, 1.54) is 30.2 Å². The minimum Gasteiger partial charge on any atom is -0.495 e. The van der Waals surface area contributed by atoms with Gasteiger partial charge in [-0.15, -0.1) is 0 Å². The maximum absolute atomic E-state index is 12.1. The third-order valence-electron chi connectivity index (χ3n) is 2.94. The number of amides is 2. The molecule has 0 radical (unpaired) electrons. The first-order valence-electron chi connectivity index (χ1n) is 6.61. The van der Waals surface area contributed by atoms with Crippen LogP contribution in [0.4, 0.5) is 10.5 Å². The lowest BCUT2D eigenvalue weighted by Gasteiger charge is -2.21. The lowest BCUT2D eigenvalue weighted by atomic mass is 10.2. The van der Waals surface area contributed by atoms with Crippen molar-refractivity contribution in [3.8, 4) is 5.75 Å². The van der Waals surface area contributed by atoms with E-state index in [2.05, 4.69) is 5.32 Å². The van der Waals surface area contributed by atoms with Crippen molar-refractivity contribution >= 4 is 17.7 Å². The Balaban J connectivity index is 2.91. The average Bonchev–Trinajstić information content (AvgIpc) is 2.47. The standard InChI is InChI=1S/C14H20N2O5/c1-3-16(7-4-8-17)14(20)15-11-9-10(13(18)19)5-6-12(11)21-2/h5-6,9,17H,3-4,7-8H2,1-2H3,(H,15,20)(H,18,19). The van der Waals surface area contributed by atoms with E-state index in [1.807, 2.05) is 6.92 Å². The second kappa shape index (κ2) is 8.11. The summed E-state index contributed by atoms with van der Waals surface area (Å²) in [5, 5.41) is 20.4. The molecular formula is C14H20N2O5. The second-order valence-electron chi connectivity index (χ2n) is 4.31. The van der Waals surface area contributed by atoms with E-state index in [4.69, 9.17) is 14.9 Å². The monoisotopic (exact) mass is 296 g/mol. The first kappa shape index (κ1) is 16.8. The quantitative estimate of drug-likeness (QED) is 0.710. The number of nitrogens with one attached hydrogen (secondary N) is 1. The molecule has 116 valence electrons. The van der Waals surface area contributed by atoms with Crippen molar-refractivity contribution in [3.05, 3.63) is 23.8 Å². The number of anilines is 1. The molecule has 7 heteroatoms. The van der Waals surface area contributed by atoms with Crippen LogP contribution in [0, 0.1) is 0 Å². The van der Waals surface area contributed by atoms with E-state index >= 15 is 0 Å². The van der Waals surface area contributed by atoms with Crippen molar-refractivity contribution in [2.75, 3.05) is 32.1 Å². The van der Waals surface area contributed by atoms with Crippen molar-refractivity contribution in [2.45, 2.75) is 13.3 Å². The number of carbonyl (C=O) groups excluding carboxylic acids is 1. The molecule has 0 bridgehead atoms. The molecule has 7 nitrogen and oxygen atoms in total. The van der Waals surface area contributed by atoms with Gasteiger partial charge in [0.2, 0.25) is 0 Å². The number of urea groups is 1. The normalized spacial score (nSPS) is 10.0. The molecule has 0 aromatic heterocycles. The van der Waals surface area contributed by atoms with Crippen LogP contribution in [0.15, 0.2) is 18.2 Å². The fourth-order valence-electron chi connectivity index (χ4n) is 1.80. The van der Waals surface area contributed by atoms with E-state index in [-0.39, 0.29) is 18.2 Å². The Hall–Kier alpha value is -2.28. The fourth-order valence-corrected chi connectivity index (χ4v) is 1.80. The number of rotatable bonds is 7. The van der Waals surface area contributed by atoms with Gasteiger partial charge in [0, 0.05) is 19.7 Å². The van der Waals surface area contributed by atoms with Crippen molar-refractivity contribution in [1.82, 2.24) is 4.90 Å². The predicted octanol–water partition coefficient (Wildman–Crippen LogP) is 1.63. The minimum absolute atomic E-state index is 0.00159. The molecule has 0 saturated heterocycles. The minimum atomic E-state index is -1.08. The summed E-state index contributed by atoms with van der Waals surface area (Å²) in [5.41, 5.74) is 0.356. The Morgan fingerprint density at radius 1 is 1.38 bits per heavy atom. The lowest BCUT2D eigenvalue weighted by molar-refractivity contribution is 0.0697. The van der Waals surface area contributed by atoms with Crippen LogP contribution in [0.2, 0.25) is 0 Å². The van der Waals surface area contributed by atoms with Gasteiger partial charge in [-0.05, 0) is 31.5 Å². The van der Waals surface area contributed by atoms with Gasteiger partial charge in [-0.25, -0.2) is 9.59 Å².